The lowest BCUT2D eigenvalue weighted by molar-refractivity contribution is -0.264. The quantitative estimate of drug-likeness (QED) is 0.471. The fraction of sp³-hybridized carbons (Fsp3) is 0.400. The highest BCUT2D eigenvalue weighted by atomic mass is 19.4. The number of benzene rings is 1. The van der Waals surface area contributed by atoms with Gasteiger partial charge in [-0.25, -0.2) is 14.4 Å². The van der Waals surface area contributed by atoms with Crippen LogP contribution >= 0.6 is 0 Å². The Morgan fingerprint density at radius 1 is 1.25 bits per heavy atom. The van der Waals surface area contributed by atoms with Crippen LogP contribution in [0.3, 0.4) is 0 Å². The summed E-state index contributed by atoms with van der Waals surface area (Å²) in [6.45, 7) is 2.20. The molecule has 1 aromatic heterocycles. The number of carbonyl (C=O) groups is 2. The second kappa shape index (κ2) is 9.47. The van der Waals surface area contributed by atoms with E-state index < -0.39 is 42.4 Å². The lowest BCUT2D eigenvalue weighted by atomic mass is 9.89. The van der Waals surface area contributed by atoms with Crippen molar-refractivity contribution >= 4 is 17.6 Å². The molecule has 0 spiro atoms. The minimum atomic E-state index is -5.20. The molecule has 0 saturated carbocycles. The largest absolute Gasteiger partial charge is 0.423 e. The van der Waals surface area contributed by atoms with Crippen molar-refractivity contribution in [3.05, 3.63) is 41.2 Å². The first kappa shape index (κ1) is 25.0. The number of rotatable bonds is 7. The number of halogens is 4. The molecular weight excluding hydrogens is 434 g/mol. The van der Waals surface area contributed by atoms with E-state index in [9.17, 15) is 32.3 Å². The number of anilines is 1. The third kappa shape index (κ3) is 5.31. The molecule has 1 aromatic carbocycles. The third-order valence-corrected chi connectivity index (χ3v) is 4.56. The van der Waals surface area contributed by atoms with Crippen LogP contribution in [-0.2, 0) is 10.4 Å². The minimum Gasteiger partial charge on any atom is -0.382 e. The van der Waals surface area contributed by atoms with Gasteiger partial charge in [0.1, 0.15) is 0 Å². The van der Waals surface area contributed by atoms with Crippen LogP contribution in [0, 0.1) is 6.92 Å². The predicted octanol–water partition coefficient (Wildman–Crippen LogP) is 2.01. The number of carbonyl (C=O) groups excluding carboxylic acids is 2. The zero-order chi connectivity index (χ0) is 24.3. The Labute approximate surface area is 181 Å². The van der Waals surface area contributed by atoms with Crippen LogP contribution in [0.1, 0.15) is 35.5 Å². The number of hydrogen-bond acceptors (Lipinski definition) is 6. The number of aliphatic hydroxyl groups is 1. The fourth-order valence-electron chi connectivity index (χ4n) is 2.82. The van der Waals surface area contributed by atoms with Gasteiger partial charge in [0, 0.05) is 11.6 Å². The molecule has 2 rings (SSSR count). The Kier molecular flexibility index (Phi) is 7.39. The molecule has 1 atom stereocenters. The van der Waals surface area contributed by atoms with Gasteiger partial charge in [0.25, 0.3) is 11.8 Å². The number of amides is 2. The summed E-state index contributed by atoms with van der Waals surface area (Å²) in [5, 5.41) is 14.8. The van der Waals surface area contributed by atoms with Crippen LogP contribution in [0.25, 0.3) is 11.3 Å². The van der Waals surface area contributed by atoms with Crippen molar-refractivity contribution in [2.75, 3.05) is 19.0 Å². The van der Waals surface area contributed by atoms with E-state index >= 15 is 0 Å². The van der Waals surface area contributed by atoms with Gasteiger partial charge in [0.2, 0.25) is 5.60 Å². The van der Waals surface area contributed by atoms with Crippen molar-refractivity contribution in [2.24, 2.45) is 0 Å². The lowest BCUT2D eigenvalue weighted by Gasteiger charge is -2.31. The van der Waals surface area contributed by atoms with E-state index in [-0.39, 0.29) is 28.8 Å². The summed E-state index contributed by atoms with van der Waals surface area (Å²) >= 11 is 0. The number of alkyl halides is 4. The summed E-state index contributed by atoms with van der Waals surface area (Å²) in [6.07, 6.45) is -4.01. The maximum absolute atomic E-state index is 13.7. The van der Waals surface area contributed by atoms with Crippen LogP contribution in [0.4, 0.5) is 23.4 Å². The molecule has 0 aliphatic heterocycles. The van der Waals surface area contributed by atoms with Crippen molar-refractivity contribution in [3.63, 3.8) is 0 Å². The Morgan fingerprint density at radius 3 is 2.47 bits per heavy atom. The third-order valence-electron chi connectivity index (χ3n) is 4.56. The molecule has 1 unspecified atom stereocenters. The number of hydrogen-bond donors (Lipinski definition) is 4. The Morgan fingerprint density at radius 2 is 1.91 bits per heavy atom. The summed E-state index contributed by atoms with van der Waals surface area (Å²) in [5.74, 6) is -2.08. The standard InChI is InChI=1S/C20H23F4N5O3/c1-10(2)28-18(31)16-17(25)26-8-14(29-16)13-6-12(5-4-11(13)3)19(32,20(22,23)24)9-27-15(30)7-21/h4-6,8,10,32H,7,9H2,1-3H3,(H2,25,26)(H,27,30)(H,28,31). The van der Waals surface area contributed by atoms with Crippen molar-refractivity contribution in [2.45, 2.75) is 38.6 Å². The fourth-order valence-corrected chi connectivity index (χ4v) is 2.82. The molecule has 0 bridgehead atoms. The smallest absolute Gasteiger partial charge is 0.382 e. The molecule has 5 N–H and O–H groups in total. The first-order valence-corrected chi connectivity index (χ1v) is 9.46. The number of nitrogen functional groups attached to an aromatic ring is 1. The van der Waals surface area contributed by atoms with Gasteiger partial charge in [-0.05, 0) is 38.0 Å². The van der Waals surface area contributed by atoms with Gasteiger partial charge >= 0.3 is 6.18 Å². The van der Waals surface area contributed by atoms with Crippen LogP contribution in [-0.4, -0.2) is 52.3 Å². The van der Waals surface area contributed by atoms with E-state index in [1.54, 1.807) is 26.1 Å². The highest BCUT2D eigenvalue weighted by molar-refractivity contribution is 5.97. The van der Waals surface area contributed by atoms with E-state index in [0.717, 1.165) is 12.1 Å². The van der Waals surface area contributed by atoms with Gasteiger partial charge < -0.3 is 21.5 Å². The molecule has 1 heterocycles. The van der Waals surface area contributed by atoms with Gasteiger partial charge in [-0.1, -0.05) is 12.1 Å². The lowest BCUT2D eigenvalue weighted by Crippen LogP contribution is -2.51. The van der Waals surface area contributed by atoms with Gasteiger partial charge in [-0.2, -0.15) is 13.2 Å². The maximum Gasteiger partial charge on any atom is 0.423 e. The van der Waals surface area contributed by atoms with Gasteiger partial charge in [-0.15, -0.1) is 0 Å². The normalized spacial score (nSPS) is 13.5. The number of nitrogens with one attached hydrogen (secondary N) is 2. The van der Waals surface area contributed by atoms with Gasteiger partial charge in [-0.3, -0.25) is 9.59 Å². The molecule has 32 heavy (non-hydrogen) atoms. The molecule has 0 radical (unpaired) electrons. The highest BCUT2D eigenvalue weighted by Gasteiger charge is 2.55. The molecule has 0 fully saturated rings. The first-order valence-electron chi connectivity index (χ1n) is 9.46. The van der Waals surface area contributed by atoms with E-state index in [1.165, 1.54) is 12.3 Å². The monoisotopic (exact) mass is 457 g/mol. The Bertz CT molecular complexity index is 1010. The van der Waals surface area contributed by atoms with Crippen LogP contribution < -0.4 is 16.4 Å². The second-order valence-electron chi connectivity index (χ2n) is 7.42. The molecular formula is C20H23F4N5O3. The summed E-state index contributed by atoms with van der Waals surface area (Å²) in [4.78, 5) is 31.5. The molecule has 2 aromatic rings. The van der Waals surface area contributed by atoms with Crippen molar-refractivity contribution < 1.29 is 32.3 Å². The van der Waals surface area contributed by atoms with E-state index in [1.807, 2.05) is 0 Å². The van der Waals surface area contributed by atoms with Gasteiger partial charge in [0.05, 0.1) is 18.4 Å². The molecule has 12 heteroatoms. The summed E-state index contributed by atoms with van der Waals surface area (Å²) in [7, 11) is 0. The van der Waals surface area contributed by atoms with E-state index in [4.69, 9.17) is 5.73 Å². The average Bonchev–Trinajstić information content (AvgIpc) is 2.71. The summed E-state index contributed by atoms with van der Waals surface area (Å²) < 4.78 is 53.6. The second-order valence-corrected chi connectivity index (χ2v) is 7.42. The topological polar surface area (TPSA) is 130 Å². The number of aryl methyl sites for hydroxylation is 1. The number of aromatic nitrogens is 2. The predicted molar refractivity (Wildman–Crippen MR) is 108 cm³/mol. The summed E-state index contributed by atoms with van der Waals surface area (Å²) in [6, 6.07) is 3.14. The Hall–Kier alpha value is -3.28. The first-order chi connectivity index (χ1) is 14.8. The van der Waals surface area contributed by atoms with Crippen LogP contribution in [0.5, 0.6) is 0 Å². The maximum atomic E-state index is 13.7. The van der Waals surface area contributed by atoms with Gasteiger partial charge in [0.15, 0.2) is 18.2 Å². The Balaban J connectivity index is 2.57. The molecule has 8 nitrogen and oxygen atoms in total. The number of nitrogens with two attached hydrogens (primary N) is 1. The summed E-state index contributed by atoms with van der Waals surface area (Å²) in [5.41, 5.74) is 2.07. The van der Waals surface area contributed by atoms with E-state index in [0.29, 0.717) is 5.56 Å². The zero-order valence-corrected chi connectivity index (χ0v) is 17.5. The molecule has 174 valence electrons. The molecule has 0 aliphatic carbocycles. The number of nitrogens with zero attached hydrogens (tertiary/aromatic N) is 2. The van der Waals surface area contributed by atoms with Crippen molar-refractivity contribution in [1.29, 1.82) is 0 Å². The van der Waals surface area contributed by atoms with Crippen molar-refractivity contribution in [1.82, 2.24) is 20.6 Å². The zero-order valence-electron chi connectivity index (χ0n) is 17.5. The molecule has 0 aliphatic rings. The molecule has 2 amide bonds. The van der Waals surface area contributed by atoms with Crippen molar-refractivity contribution in [3.8, 4) is 11.3 Å². The van der Waals surface area contributed by atoms with E-state index in [2.05, 4.69) is 15.3 Å². The van der Waals surface area contributed by atoms with Crippen LogP contribution in [0.2, 0.25) is 0 Å². The van der Waals surface area contributed by atoms with Crippen LogP contribution in [0.15, 0.2) is 24.4 Å². The minimum absolute atomic E-state index is 0.0461. The average molecular weight is 457 g/mol. The highest BCUT2D eigenvalue weighted by Crippen LogP contribution is 2.40. The SMILES string of the molecule is Cc1ccc(C(O)(CNC(=O)CF)C(F)(F)F)cc1-c1cnc(N)c(C(=O)NC(C)C)n1. The molecule has 0 saturated heterocycles.